The molecule has 1 rings (SSSR count). The average Bonchev–Trinajstić information content (AvgIpc) is 2.33. The molecule has 2 amide bonds. The van der Waals surface area contributed by atoms with Crippen molar-refractivity contribution in [2.75, 3.05) is 11.9 Å². The van der Waals surface area contributed by atoms with Gasteiger partial charge in [0.2, 0.25) is 0 Å². The number of carboxylic acids is 1. The first-order chi connectivity index (χ1) is 9.54. The molecule has 21 heavy (non-hydrogen) atoms. The van der Waals surface area contributed by atoms with Crippen molar-refractivity contribution in [3.05, 3.63) is 29.3 Å². The van der Waals surface area contributed by atoms with Crippen molar-refractivity contribution in [1.82, 2.24) is 5.32 Å². The van der Waals surface area contributed by atoms with E-state index in [1.807, 2.05) is 32.0 Å². The molecule has 2 N–H and O–H groups in total. The number of urea groups is 1. The number of amides is 2. The Bertz CT molecular complexity index is 547. The van der Waals surface area contributed by atoms with Crippen LogP contribution in [0, 0.1) is 19.3 Å². The summed E-state index contributed by atoms with van der Waals surface area (Å²) in [6.07, 6.45) is 0. The Labute approximate surface area is 126 Å². The number of carbonyl (C=O) groups excluding carboxylic acids is 1. The molecule has 0 aliphatic carbocycles. The molecule has 0 saturated heterocycles. The molecule has 1 aromatic carbocycles. The first-order valence-corrected chi connectivity index (χ1v) is 6.88. The van der Waals surface area contributed by atoms with Crippen molar-refractivity contribution in [3.8, 4) is 0 Å². The second-order valence-corrected chi connectivity index (χ2v) is 6.44. The average molecular weight is 292 g/mol. The quantitative estimate of drug-likeness (QED) is 0.900. The highest BCUT2D eigenvalue weighted by Gasteiger charge is 2.33. The Morgan fingerprint density at radius 2 is 1.81 bits per heavy atom. The van der Waals surface area contributed by atoms with Crippen LogP contribution in [0.5, 0.6) is 0 Å². The minimum Gasteiger partial charge on any atom is -0.480 e. The van der Waals surface area contributed by atoms with Crippen LogP contribution in [0.15, 0.2) is 18.2 Å². The normalized spacial score (nSPS) is 12.7. The SMILES string of the molecule is Cc1ccc(N(C)C(=O)NC(C(=O)O)C(C)(C)C)c(C)c1. The van der Waals surface area contributed by atoms with Gasteiger partial charge in [-0.15, -0.1) is 0 Å². The molecule has 1 aromatic rings. The number of benzene rings is 1. The molecule has 0 fully saturated rings. The van der Waals surface area contributed by atoms with E-state index in [2.05, 4.69) is 5.32 Å². The highest BCUT2D eigenvalue weighted by molar-refractivity contribution is 5.94. The van der Waals surface area contributed by atoms with Gasteiger partial charge in [-0.3, -0.25) is 4.90 Å². The maximum atomic E-state index is 12.3. The van der Waals surface area contributed by atoms with Gasteiger partial charge in [0, 0.05) is 12.7 Å². The van der Waals surface area contributed by atoms with Crippen LogP contribution in [0.1, 0.15) is 31.9 Å². The van der Waals surface area contributed by atoms with Crippen LogP contribution in [-0.4, -0.2) is 30.2 Å². The second kappa shape index (κ2) is 6.16. The highest BCUT2D eigenvalue weighted by atomic mass is 16.4. The number of carboxylic acid groups (broad SMARTS) is 1. The summed E-state index contributed by atoms with van der Waals surface area (Å²) in [5, 5.41) is 11.9. The first-order valence-electron chi connectivity index (χ1n) is 6.88. The minimum atomic E-state index is -1.04. The lowest BCUT2D eigenvalue weighted by Crippen LogP contribution is -2.52. The summed E-state index contributed by atoms with van der Waals surface area (Å²) in [7, 11) is 1.63. The van der Waals surface area contributed by atoms with E-state index in [9.17, 15) is 14.7 Å². The smallest absolute Gasteiger partial charge is 0.326 e. The van der Waals surface area contributed by atoms with Crippen molar-refractivity contribution in [2.24, 2.45) is 5.41 Å². The van der Waals surface area contributed by atoms with E-state index in [1.165, 1.54) is 4.90 Å². The third-order valence-corrected chi connectivity index (χ3v) is 3.40. The van der Waals surface area contributed by atoms with E-state index >= 15 is 0 Å². The molecule has 0 aromatic heterocycles. The van der Waals surface area contributed by atoms with Gasteiger partial charge in [-0.2, -0.15) is 0 Å². The topological polar surface area (TPSA) is 69.6 Å². The summed E-state index contributed by atoms with van der Waals surface area (Å²) in [6.45, 7) is 9.25. The monoisotopic (exact) mass is 292 g/mol. The summed E-state index contributed by atoms with van der Waals surface area (Å²) in [4.78, 5) is 25.1. The largest absolute Gasteiger partial charge is 0.480 e. The van der Waals surface area contributed by atoms with E-state index in [4.69, 9.17) is 0 Å². The van der Waals surface area contributed by atoms with E-state index in [1.54, 1.807) is 27.8 Å². The van der Waals surface area contributed by atoms with Gasteiger partial charge in [0.05, 0.1) is 0 Å². The molecule has 1 unspecified atom stereocenters. The van der Waals surface area contributed by atoms with Gasteiger partial charge in [0.15, 0.2) is 0 Å². The van der Waals surface area contributed by atoms with Crippen LogP contribution in [0.4, 0.5) is 10.5 Å². The van der Waals surface area contributed by atoms with E-state index in [-0.39, 0.29) is 0 Å². The molecule has 1 atom stereocenters. The van der Waals surface area contributed by atoms with Crippen LogP contribution in [-0.2, 0) is 4.79 Å². The maximum absolute atomic E-state index is 12.3. The maximum Gasteiger partial charge on any atom is 0.326 e. The van der Waals surface area contributed by atoms with Gasteiger partial charge in [0.25, 0.3) is 0 Å². The van der Waals surface area contributed by atoms with Crippen molar-refractivity contribution in [2.45, 2.75) is 40.7 Å². The number of hydrogen-bond acceptors (Lipinski definition) is 2. The number of aryl methyl sites for hydroxylation is 2. The molecule has 5 heteroatoms. The Morgan fingerprint density at radius 1 is 1.24 bits per heavy atom. The van der Waals surface area contributed by atoms with Crippen molar-refractivity contribution in [1.29, 1.82) is 0 Å². The molecular weight excluding hydrogens is 268 g/mol. The van der Waals surface area contributed by atoms with Gasteiger partial charge in [-0.25, -0.2) is 9.59 Å². The minimum absolute atomic E-state index is 0.427. The molecule has 5 nitrogen and oxygen atoms in total. The lowest BCUT2D eigenvalue weighted by Gasteiger charge is -2.30. The highest BCUT2D eigenvalue weighted by Crippen LogP contribution is 2.22. The van der Waals surface area contributed by atoms with Crippen LogP contribution < -0.4 is 10.2 Å². The molecule has 0 heterocycles. The first kappa shape index (κ1) is 17.0. The van der Waals surface area contributed by atoms with Crippen LogP contribution >= 0.6 is 0 Å². The zero-order valence-corrected chi connectivity index (χ0v) is 13.5. The summed E-state index contributed by atoms with van der Waals surface area (Å²) in [6, 6.07) is 4.39. The van der Waals surface area contributed by atoms with Crippen molar-refractivity contribution in [3.63, 3.8) is 0 Å². The third-order valence-electron chi connectivity index (χ3n) is 3.40. The molecule has 0 aliphatic rings. The Kier molecular flexibility index (Phi) is 4.99. The number of nitrogens with zero attached hydrogens (tertiary/aromatic N) is 1. The lowest BCUT2D eigenvalue weighted by atomic mass is 9.87. The van der Waals surface area contributed by atoms with Crippen molar-refractivity contribution < 1.29 is 14.7 Å². The molecule has 116 valence electrons. The van der Waals surface area contributed by atoms with Gasteiger partial charge >= 0.3 is 12.0 Å². The second-order valence-electron chi connectivity index (χ2n) is 6.44. The summed E-state index contributed by atoms with van der Waals surface area (Å²) in [5.41, 5.74) is 2.28. The summed E-state index contributed by atoms with van der Waals surface area (Å²) in [5.74, 6) is -1.04. The fraction of sp³-hybridized carbons (Fsp3) is 0.500. The standard InChI is InChI=1S/C16H24N2O3/c1-10-7-8-12(11(2)9-10)18(6)15(21)17-13(14(19)20)16(3,4)5/h7-9,13H,1-6H3,(H,17,21)(H,19,20). The Morgan fingerprint density at radius 3 is 2.24 bits per heavy atom. The van der Waals surface area contributed by atoms with E-state index in [0.717, 1.165) is 16.8 Å². The summed E-state index contributed by atoms with van der Waals surface area (Å²) < 4.78 is 0. The zero-order chi connectivity index (χ0) is 16.4. The summed E-state index contributed by atoms with van der Waals surface area (Å²) >= 11 is 0. The molecule has 0 spiro atoms. The number of hydrogen-bond donors (Lipinski definition) is 2. The Balaban J connectivity index is 2.95. The number of carbonyl (C=O) groups is 2. The molecule has 0 bridgehead atoms. The fourth-order valence-electron chi connectivity index (χ4n) is 2.16. The van der Waals surface area contributed by atoms with Gasteiger partial charge < -0.3 is 10.4 Å². The number of anilines is 1. The fourth-order valence-corrected chi connectivity index (χ4v) is 2.16. The lowest BCUT2D eigenvalue weighted by molar-refractivity contribution is -0.141. The predicted molar refractivity (Wildman–Crippen MR) is 83.7 cm³/mol. The van der Waals surface area contributed by atoms with Gasteiger partial charge in [-0.1, -0.05) is 38.5 Å². The third kappa shape index (κ3) is 4.21. The van der Waals surface area contributed by atoms with Crippen LogP contribution in [0.3, 0.4) is 0 Å². The molecular formula is C16H24N2O3. The Hall–Kier alpha value is -2.04. The zero-order valence-electron chi connectivity index (χ0n) is 13.5. The van der Waals surface area contributed by atoms with E-state index < -0.39 is 23.5 Å². The molecule has 0 saturated carbocycles. The predicted octanol–water partition coefficient (Wildman–Crippen LogP) is 2.95. The van der Waals surface area contributed by atoms with Crippen molar-refractivity contribution >= 4 is 17.7 Å². The number of aliphatic carboxylic acids is 1. The van der Waals surface area contributed by atoms with Gasteiger partial charge in [0.1, 0.15) is 6.04 Å². The van der Waals surface area contributed by atoms with Crippen LogP contribution in [0.2, 0.25) is 0 Å². The van der Waals surface area contributed by atoms with Crippen LogP contribution in [0.25, 0.3) is 0 Å². The molecule has 0 aliphatic heterocycles. The number of rotatable bonds is 3. The van der Waals surface area contributed by atoms with Gasteiger partial charge in [-0.05, 0) is 30.9 Å². The van der Waals surface area contributed by atoms with E-state index in [0.29, 0.717) is 0 Å². The molecule has 0 radical (unpaired) electrons. The number of nitrogens with one attached hydrogen (secondary N) is 1.